The zero-order valence-electron chi connectivity index (χ0n) is 15.5. The summed E-state index contributed by atoms with van der Waals surface area (Å²) in [5.74, 6) is 0. The highest BCUT2D eigenvalue weighted by Gasteiger charge is 2.19. The molecule has 4 aromatic carbocycles. The van der Waals surface area contributed by atoms with E-state index in [1.807, 2.05) is 24.3 Å². The molecule has 0 aliphatic rings. The highest BCUT2D eigenvalue weighted by molar-refractivity contribution is 9.10. The van der Waals surface area contributed by atoms with Gasteiger partial charge in [-0.15, -0.1) is 0 Å². The maximum absolute atomic E-state index is 9.83. The molecule has 2 N–H and O–H groups in total. The maximum Gasteiger partial charge on any atom is 0.489 e. The second-order valence-corrected chi connectivity index (χ2v) is 7.85. The molecule has 140 valence electrons. The van der Waals surface area contributed by atoms with Gasteiger partial charge >= 0.3 is 7.12 Å². The first-order valence-electron chi connectivity index (χ1n) is 9.38. The minimum Gasteiger partial charge on any atom is -0.423 e. The summed E-state index contributed by atoms with van der Waals surface area (Å²) in [5.41, 5.74) is 5.47. The number of para-hydroxylation sites is 2. The SMILES string of the molecule is OB(O)c1ccccc1-c1cc(-n2c3ccccc3c3ccccc32)ccc1Br. The van der Waals surface area contributed by atoms with Crippen LogP contribution < -0.4 is 5.46 Å². The Balaban J connectivity index is 1.81. The summed E-state index contributed by atoms with van der Waals surface area (Å²) in [7, 11) is -1.53. The van der Waals surface area contributed by atoms with Crippen molar-refractivity contribution < 1.29 is 10.0 Å². The Morgan fingerprint density at radius 3 is 1.90 bits per heavy atom. The number of benzene rings is 4. The molecule has 0 saturated carbocycles. The van der Waals surface area contributed by atoms with Gasteiger partial charge in [0.15, 0.2) is 0 Å². The van der Waals surface area contributed by atoms with E-state index in [1.165, 1.54) is 10.8 Å². The molecular formula is C24H17BBrNO2. The minimum absolute atomic E-state index is 0.479. The molecule has 0 aliphatic carbocycles. The van der Waals surface area contributed by atoms with Crippen molar-refractivity contribution in [1.82, 2.24) is 4.57 Å². The maximum atomic E-state index is 9.83. The van der Waals surface area contributed by atoms with Gasteiger partial charge in [0.2, 0.25) is 0 Å². The highest BCUT2D eigenvalue weighted by atomic mass is 79.9. The summed E-state index contributed by atoms with van der Waals surface area (Å²) in [6, 6.07) is 30.3. The van der Waals surface area contributed by atoms with Crippen molar-refractivity contribution in [3.63, 3.8) is 0 Å². The van der Waals surface area contributed by atoms with Gasteiger partial charge in [-0.1, -0.05) is 76.6 Å². The van der Waals surface area contributed by atoms with E-state index in [0.717, 1.165) is 32.3 Å². The summed E-state index contributed by atoms with van der Waals surface area (Å²) in [6.45, 7) is 0. The average molecular weight is 442 g/mol. The van der Waals surface area contributed by atoms with Crippen LogP contribution in [0, 0.1) is 0 Å². The van der Waals surface area contributed by atoms with Crippen molar-refractivity contribution in [2.24, 2.45) is 0 Å². The molecule has 0 fully saturated rings. The third kappa shape index (κ3) is 2.99. The van der Waals surface area contributed by atoms with Crippen molar-refractivity contribution in [2.75, 3.05) is 0 Å². The number of halogens is 1. The first kappa shape index (κ1) is 18.2. The van der Waals surface area contributed by atoms with Gasteiger partial charge in [-0.25, -0.2) is 0 Å². The molecule has 3 nitrogen and oxygen atoms in total. The van der Waals surface area contributed by atoms with Gasteiger partial charge < -0.3 is 14.6 Å². The zero-order chi connectivity index (χ0) is 20.0. The molecular weight excluding hydrogens is 425 g/mol. The van der Waals surface area contributed by atoms with Gasteiger partial charge in [-0.05, 0) is 46.9 Å². The summed E-state index contributed by atoms with van der Waals surface area (Å²) in [4.78, 5) is 0. The van der Waals surface area contributed by atoms with E-state index < -0.39 is 7.12 Å². The van der Waals surface area contributed by atoms with Crippen LogP contribution >= 0.6 is 15.9 Å². The van der Waals surface area contributed by atoms with Crippen LogP contribution in [0.3, 0.4) is 0 Å². The molecule has 1 aromatic heterocycles. The van der Waals surface area contributed by atoms with Crippen LogP contribution in [0.4, 0.5) is 0 Å². The van der Waals surface area contributed by atoms with E-state index in [4.69, 9.17) is 0 Å². The Bertz CT molecular complexity index is 1310. The van der Waals surface area contributed by atoms with Gasteiger partial charge in [0.25, 0.3) is 0 Å². The summed E-state index contributed by atoms with van der Waals surface area (Å²) < 4.78 is 3.15. The lowest BCUT2D eigenvalue weighted by Gasteiger charge is -2.14. The number of hydrogen-bond donors (Lipinski definition) is 2. The van der Waals surface area contributed by atoms with Gasteiger partial charge in [0.05, 0.1) is 11.0 Å². The lowest BCUT2D eigenvalue weighted by molar-refractivity contribution is 0.426. The zero-order valence-corrected chi connectivity index (χ0v) is 17.0. The second-order valence-electron chi connectivity index (χ2n) is 6.99. The predicted molar refractivity (Wildman–Crippen MR) is 124 cm³/mol. The number of fused-ring (bicyclic) bond motifs is 3. The largest absolute Gasteiger partial charge is 0.489 e. The van der Waals surface area contributed by atoms with Crippen molar-refractivity contribution in [3.8, 4) is 16.8 Å². The van der Waals surface area contributed by atoms with Gasteiger partial charge in [0.1, 0.15) is 0 Å². The summed E-state index contributed by atoms with van der Waals surface area (Å²) >= 11 is 3.64. The average Bonchev–Trinajstić information content (AvgIpc) is 3.09. The monoisotopic (exact) mass is 441 g/mol. The molecule has 0 atom stereocenters. The van der Waals surface area contributed by atoms with Gasteiger partial charge in [-0.2, -0.15) is 0 Å². The molecule has 5 aromatic rings. The van der Waals surface area contributed by atoms with Crippen molar-refractivity contribution >= 4 is 50.3 Å². The first-order chi connectivity index (χ1) is 14.1. The van der Waals surface area contributed by atoms with Crippen LogP contribution in [0.25, 0.3) is 38.6 Å². The van der Waals surface area contributed by atoms with E-state index >= 15 is 0 Å². The molecule has 0 amide bonds. The fourth-order valence-corrected chi connectivity index (χ4v) is 4.49. The Morgan fingerprint density at radius 2 is 1.24 bits per heavy atom. The molecule has 0 spiro atoms. The summed E-state index contributed by atoms with van der Waals surface area (Å²) in [5, 5.41) is 22.1. The van der Waals surface area contributed by atoms with Crippen molar-refractivity contribution in [1.29, 1.82) is 0 Å². The number of nitrogens with zero attached hydrogens (tertiary/aromatic N) is 1. The van der Waals surface area contributed by atoms with Crippen LogP contribution in [0.15, 0.2) is 95.5 Å². The van der Waals surface area contributed by atoms with E-state index in [9.17, 15) is 10.0 Å². The minimum atomic E-state index is -1.53. The third-order valence-electron chi connectivity index (χ3n) is 5.32. The number of aromatic nitrogens is 1. The molecule has 29 heavy (non-hydrogen) atoms. The fraction of sp³-hybridized carbons (Fsp3) is 0. The lowest BCUT2D eigenvalue weighted by atomic mass is 9.75. The standard InChI is InChI=1S/C24H17BBrNO2/c26-22-14-13-16(15-20(22)17-7-1-4-10-21(17)25(28)29)27-23-11-5-2-8-18(23)19-9-3-6-12-24(19)27/h1-15,28-29H. The smallest absolute Gasteiger partial charge is 0.423 e. The van der Waals surface area contributed by atoms with Crippen LogP contribution in [-0.4, -0.2) is 21.7 Å². The normalized spacial score (nSPS) is 11.3. The first-order valence-corrected chi connectivity index (χ1v) is 10.2. The van der Waals surface area contributed by atoms with Crippen LogP contribution in [-0.2, 0) is 0 Å². The van der Waals surface area contributed by atoms with Crippen molar-refractivity contribution in [3.05, 3.63) is 95.5 Å². The van der Waals surface area contributed by atoms with Crippen LogP contribution in [0.5, 0.6) is 0 Å². The molecule has 5 rings (SSSR count). The van der Waals surface area contributed by atoms with E-state index in [-0.39, 0.29) is 0 Å². The highest BCUT2D eigenvalue weighted by Crippen LogP contribution is 2.35. The van der Waals surface area contributed by atoms with Crippen LogP contribution in [0.2, 0.25) is 0 Å². The lowest BCUT2D eigenvalue weighted by Crippen LogP contribution is -2.31. The Hall–Kier alpha value is -2.86. The molecule has 0 aliphatic heterocycles. The van der Waals surface area contributed by atoms with E-state index in [2.05, 4.69) is 81.2 Å². The second kappa shape index (κ2) is 7.19. The molecule has 5 heteroatoms. The molecule has 0 unspecified atom stereocenters. The van der Waals surface area contributed by atoms with Crippen LogP contribution in [0.1, 0.15) is 0 Å². The molecule has 0 bridgehead atoms. The molecule has 0 radical (unpaired) electrons. The number of hydrogen-bond acceptors (Lipinski definition) is 2. The quantitative estimate of drug-likeness (QED) is 0.391. The Kier molecular flexibility index (Phi) is 4.51. The third-order valence-corrected chi connectivity index (χ3v) is 6.01. The predicted octanol–water partition coefficient (Wildman–Crippen LogP) is 4.89. The van der Waals surface area contributed by atoms with Crippen molar-refractivity contribution in [2.45, 2.75) is 0 Å². The topological polar surface area (TPSA) is 45.4 Å². The van der Waals surface area contributed by atoms with Gasteiger partial charge in [-0.3, -0.25) is 0 Å². The fourth-order valence-electron chi connectivity index (χ4n) is 4.03. The molecule has 1 heterocycles. The van der Waals surface area contributed by atoms with Gasteiger partial charge in [0, 0.05) is 20.9 Å². The Morgan fingerprint density at radius 1 is 0.655 bits per heavy atom. The van der Waals surface area contributed by atoms with E-state index in [0.29, 0.717) is 5.46 Å². The summed E-state index contributed by atoms with van der Waals surface area (Å²) in [6.07, 6.45) is 0. The van der Waals surface area contributed by atoms with E-state index in [1.54, 1.807) is 6.07 Å². The Labute approximate surface area is 177 Å². The molecule has 0 saturated heterocycles. The number of rotatable bonds is 3.